The first kappa shape index (κ1) is 20.0. The molecule has 0 amide bonds. The summed E-state index contributed by atoms with van der Waals surface area (Å²) in [5, 5.41) is 15.5. The van der Waals surface area contributed by atoms with Gasteiger partial charge in [-0.3, -0.25) is 4.90 Å². The molecule has 0 bridgehead atoms. The predicted octanol–water partition coefficient (Wildman–Crippen LogP) is 3.90. The number of methoxy groups -OCH3 is 2. The van der Waals surface area contributed by atoms with Crippen molar-refractivity contribution < 1.29 is 14.6 Å². The van der Waals surface area contributed by atoms with Crippen molar-refractivity contribution in [2.24, 2.45) is 5.92 Å². The van der Waals surface area contributed by atoms with E-state index in [0.717, 1.165) is 59.5 Å². The largest absolute Gasteiger partial charge is 0.493 e. The van der Waals surface area contributed by atoms with Gasteiger partial charge in [0.15, 0.2) is 17.3 Å². The molecule has 3 aromatic rings. The molecule has 1 N–H and O–H groups in total. The summed E-state index contributed by atoms with van der Waals surface area (Å²) in [6.07, 6.45) is 3.03. The van der Waals surface area contributed by atoms with Crippen LogP contribution in [0, 0.1) is 5.92 Å². The number of aryl methyl sites for hydroxylation is 1. The van der Waals surface area contributed by atoms with Crippen molar-refractivity contribution in [1.29, 1.82) is 0 Å². The van der Waals surface area contributed by atoms with Gasteiger partial charge in [0, 0.05) is 6.42 Å². The second-order valence-electron chi connectivity index (χ2n) is 7.60. The Hall–Kier alpha value is -2.32. The Kier molecular flexibility index (Phi) is 5.65. The predicted molar refractivity (Wildman–Crippen MR) is 113 cm³/mol. The minimum atomic E-state index is -0.0825. The maximum Gasteiger partial charge on any atom is 0.230 e. The van der Waals surface area contributed by atoms with Crippen molar-refractivity contribution >= 4 is 16.3 Å². The molecule has 1 aliphatic heterocycles. The summed E-state index contributed by atoms with van der Waals surface area (Å²) >= 11 is 1.51. The maximum atomic E-state index is 11.0. The molecule has 0 saturated carbocycles. The van der Waals surface area contributed by atoms with Crippen LogP contribution < -0.4 is 9.47 Å². The van der Waals surface area contributed by atoms with E-state index in [0.29, 0.717) is 11.5 Å². The fourth-order valence-corrected chi connectivity index (χ4v) is 5.09. The van der Waals surface area contributed by atoms with Gasteiger partial charge in [-0.15, -0.1) is 5.10 Å². The molecule has 1 atom stereocenters. The number of hydrogen-bond acceptors (Lipinski definition) is 7. The molecule has 0 aliphatic carbocycles. The first-order valence-electron chi connectivity index (χ1n) is 10.1. The van der Waals surface area contributed by atoms with Gasteiger partial charge in [0.25, 0.3) is 0 Å². The fourth-order valence-electron chi connectivity index (χ4n) is 3.96. The number of rotatable bonds is 6. The van der Waals surface area contributed by atoms with Crippen LogP contribution in [-0.2, 0) is 6.42 Å². The zero-order chi connectivity index (χ0) is 20.5. The Morgan fingerprint density at radius 3 is 2.55 bits per heavy atom. The fraction of sp³-hybridized carbons (Fsp3) is 0.524. The lowest BCUT2D eigenvalue weighted by Crippen LogP contribution is -2.36. The topological polar surface area (TPSA) is 72.1 Å². The summed E-state index contributed by atoms with van der Waals surface area (Å²) in [6.45, 7) is 6.27. The van der Waals surface area contributed by atoms with E-state index in [1.54, 1.807) is 18.7 Å². The first-order chi connectivity index (χ1) is 14.0. The van der Waals surface area contributed by atoms with Crippen LogP contribution >= 0.6 is 11.3 Å². The van der Waals surface area contributed by atoms with E-state index in [1.807, 2.05) is 19.1 Å². The number of ether oxygens (including phenoxy) is 2. The zero-order valence-corrected chi connectivity index (χ0v) is 18.2. The minimum Gasteiger partial charge on any atom is -0.493 e. The third-order valence-electron chi connectivity index (χ3n) is 5.71. The van der Waals surface area contributed by atoms with Crippen molar-refractivity contribution in [2.45, 2.75) is 39.2 Å². The first-order valence-corrected chi connectivity index (χ1v) is 10.9. The molecule has 7 nitrogen and oxygen atoms in total. The van der Waals surface area contributed by atoms with Crippen LogP contribution in [0.5, 0.6) is 17.4 Å². The van der Waals surface area contributed by atoms with Crippen LogP contribution in [0.3, 0.4) is 0 Å². The Morgan fingerprint density at radius 2 is 1.93 bits per heavy atom. The number of benzene rings is 1. The van der Waals surface area contributed by atoms with Gasteiger partial charge in [-0.25, -0.2) is 4.98 Å². The van der Waals surface area contributed by atoms with Crippen LogP contribution in [0.4, 0.5) is 0 Å². The number of nitrogens with zero attached hydrogens (tertiary/aromatic N) is 4. The highest BCUT2D eigenvalue weighted by molar-refractivity contribution is 7.17. The molecule has 4 rings (SSSR count). The highest BCUT2D eigenvalue weighted by Crippen LogP contribution is 2.43. The number of thiazole rings is 1. The van der Waals surface area contributed by atoms with Gasteiger partial charge in [0.1, 0.15) is 0 Å². The molecule has 0 spiro atoms. The number of hydrogen-bond donors (Lipinski definition) is 1. The van der Waals surface area contributed by atoms with E-state index in [-0.39, 0.29) is 11.9 Å². The zero-order valence-electron chi connectivity index (χ0n) is 17.4. The van der Waals surface area contributed by atoms with Crippen LogP contribution in [0.2, 0.25) is 0 Å². The van der Waals surface area contributed by atoms with Crippen molar-refractivity contribution in [2.75, 3.05) is 27.3 Å². The number of fused-ring (bicyclic) bond motifs is 1. The monoisotopic (exact) mass is 416 g/mol. The lowest BCUT2D eigenvalue weighted by Gasteiger charge is -2.36. The molecule has 1 fully saturated rings. The summed E-state index contributed by atoms with van der Waals surface area (Å²) in [6, 6.07) is 5.91. The van der Waals surface area contributed by atoms with Crippen LogP contribution in [0.15, 0.2) is 18.2 Å². The van der Waals surface area contributed by atoms with E-state index >= 15 is 0 Å². The smallest absolute Gasteiger partial charge is 0.230 e. The molecular formula is C21H28N4O3S. The Balaban J connectivity index is 1.81. The number of aromatic nitrogens is 3. The summed E-state index contributed by atoms with van der Waals surface area (Å²) in [5.74, 6) is 3.03. The van der Waals surface area contributed by atoms with Crippen molar-refractivity contribution in [3.8, 4) is 17.4 Å². The molecule has 2 aromatic heterocycles. The van der Waals surface area contributed by atoms with Crippen LogP contribution in [0.25, 0.3) is 4.96 Å². The second kappa shape index (κ2) is 8.20. The van der Waals surface area contributed by atoms with Gasteiger partial charge < -0.3 is 14.6 Å². The molecule has 1 aromatic carbocycles. The summed E-state index contributed by atoms with van der Waals surface area (Å²) in [5.41, 5.74) is 1.06. The van der Waals surface area contributed by atoms with Gasteiger partial charge >= 0.3 is 0 Å². The van der Waals surface area contributed by atoms with E-state index in [4.69, 9.17) is 9.47 Å². The molecule has 0 radical (unpaired) electrons. The Labute approximate surface area is 174 Å². The molecule has 0 unspecified atom stereocenters. The van der Waals surface area contributed by atoms with E-state index in [1.165, 1.54) is 11.3 Å². The molecular weight excluding hydrogens is 388 g/mol. The minimum absolute atomic E-state index is 0.0825. The molecule has 1 saturated heterocycles. The maximum absolute atomic E-state index is 11.0. The van der Waals surface area contributed by atoms with Crippen molar-refractivity contribution in [1.82, 2.24) is 19.5 Å². The normalized spacial score (nSPS) is 17.0. The van der Waals surface area contributed by atoms with Gasteiger partial charge in [0.2, 0.25) is 10.8 Å². The van der Waals surface area contributed by atoms with E-state index < -0.39 is 0 Å². The summed E-state index contributed by atoms with van der Waals surface area (Å²) < 4.78 is 12.5. The van der Waals surface area contributed by atoms with Crippen molar-refractivity contribution in [3.63, 3.8) is 0 Å². The SMILES string of the molecule is CCc1nc2sc([C@@H](c3ccc(OC)c(OC)c3)N3CCC(C)CC3)c(O)n2n1. The molecule has 29 heavy (non-hydrogen) atoms. The molecule has 8 heteroatoms. The third kappa shape index (κ3) is 3.67. The van der Waals surface area contributed by atoms with E-state index in [9.17, 15) is 5.11 Å². The quantitative estimate of drug-likeness (QED) is 0.657. The number of aromatic hydroxyl groups is 1. The Morgan fingerprint density at radius 1 is 1.21 bits per heavy atom. The van der Waals surface area contributed by atoms with E-state index in [2.05, 4.69) is 28.0 Å². The number of likely N-dealkylation sites (tertiary alicyclic amines) is 1. The highest BCUT2D eigenvalue weighted by atomic mass is 32.1. The van der Waals surface area contributed by atoms with Gasteiger partial charge in [0.05, 0.1) is 25.1 Å². The molecule has 156 valence electrons. The Bertz CT molecular complexity index is 991. The average Bonchev–Trinajstić information content (AvgIpc) is 3.28. The summed E-state index contributed by atoms with van der Waals surface area (Å²) in [4.78, 5) is 8.58. The molecule has 1 aliphatic rings. The average molecular weight is 417 g/mol. The number of piperidine rings is 1. The van der Waals surface area contributed by atoms with Crippen LogP contribution in [0.1, 0.15) is 49.0 Å². The highest BCUT2D eigenvalue weighted by Gasteiger charge is 2.32. The lowest BCUT2D eigenvalue weighted by atomic mass is 9.95. The van der Waals surface area contributed by atoms with Crippen molar-refractivity contribution in [3.05, 3.63) is 34.5 Å². The molecule has 3 heterocycles. The third-order valence-corrected chi connectivity index (χ3v) is 6.79. The van der Waals surface area contributed by atoms with Crippen LogP contribution in [-0.4, -0.2) is 51.9 Å². The van der Waals surface area contributed by atoms with Gasteiger partial charge in [-0.05, 0) is 49.5 Å². The second-order valence-corrected chi connectivity index (χ2v) is 8.61. The standard InChI is InChI=1S/C21H28N4O3S/c1-5-17-22-21-25(23-17)20(26)19(29-21)18(24-10-8-13(2)9-11-24)14-6-7-15(27-3)16(12-14)28-4/h6-7,12-13,18,26H,5,8-11H2,1-4H3/t18-/m1/s1. The lowest BCUT2D eigenvalue weighted by molar-refractivity contribution is 0.157. The van der Waals surface area contributed by atoms with Gasteiger partial charge in [-0.2, -0.15) is 4.52 Å². The summed E-state index contributed by atoms with van der Waals surface area (Å²) in [7, 11) is 3.28. The van der Waals surface area contributed by atoms with Gasteiger partial charge in [-0.1, -0.05) is 31.3 Å².